The Kier molecular flexibility index (Phi) is 4.46. The molecule has 2 nitrogen and oxygen atoms in total. The van der Waals surface area contributed by atoms with Gasteiger partial charge in [0, 0.05) is 0 Å². The largest absolute Gasteiger partial charge is 0.491 e. The maximum absolute atomic E-state index is 5.04. The predicted octanol–water partition coefficient (Wildman–Crippen LogP) is 2.09. The van der Waals surface area contributed by atoms with E-state index in [1.165, 1.54) is 0 Å². The minimum Gasteiger partial charge on any atom is -0.491 e. The molecule has 10 heavy (non-hydrogen) atoms. The summed E-state index contributed by atoms with van der Waals surface area (Å²) in [4.78, 5) is 0. The zero-order chi connectivity index (χ0) is 7.98. The van der Waals surface area contributed by atoms with Crippen LogP contribution in [0.25, 0.3) is 0 Å². The first-order chi connectivity index (χ1) is 4.72. The van der Waals surface area contributed by atoms with Crippen LogP contribution in [0.5, 0.6) is 0 Å². The Balaban J connectivity index is 3.60. The van der Waals surface area contributed by atoms with Gasteiger partial charge in [-0.2, -0.15) is 0 Å². The summed E-state index contributed by atoms with van der Waals surface area (Å²) >= 11 is 0. The van der Waals surface area contributed by atoms with E-state index in [9.17, 15) is 0 Å². The maximum Gasteiger partial charge on any atom is 0.153 e. The Morgan fingerprint density at radius 3 is 1.50 bits per heavy atom. The second-order valence-electron chi connectivity index (χ2n) is 1.71. The number of rotatable bonds is 5. The van der Waals surface area contributed by atoms with Crippen molar-refractivity contribution < 1.29 is 9.47 Å². The molecule has 0 heterocycles. The van der Waals surface area contributed by atoms with Crippen LogP contribution in [0, 0.1) is 0 Å². The minimum absolute atomic E-state index is 0.518. The third-order valence-corrected chi connectivity index (χ3v) is 0.948. The molecule has 0 saturated carbocycles. The van der Waals surface area contributed by atoms with Crippen LogP contribution in [0.4, 0.5) is 0 Å². The van der Waals surface area contributed by atoms with Crippen molar-refractivity contribution in [1.29, 1.82) is 0 Å². The van der Waals surface area contributed by atoms with E-state index < -0.39 is 0 Å². The lowest BCUT2D eigenvalue weighted by Crippen LogP contribution is -1.97. The topological polar surface area (TPSA) is 18.5 Å². The second kappa shape index (κ2) is 4.91. The summed E-state index contributed by atoms with van der Waals surface area (Å²) in [5.41, 5.74) is 0. The molecule has 0 N–H and O–H groups in total. The van der Waals surface area contributed by atoms with Gasteiger partial charge in [0.15, 0.2) is 11.5 Å². The Labute approximate surface area is 62.1 Å². The fourth-order valence-electron chi connectivity index (χ4n) is 0.509. The quantitative estimate of drug-likeness (QED) is 0.432. The van der Waals surface area contributed by atoms with Gasteiger partial charge in [0.2, 0.25) is 0 Å². The first-order valence-electron chi connectivity index (χ1n) is 3.36. The van der Waals surface area contributed by atoms with Crippen LogP contribution in [-0.2, 0) is 9.47 Å². The van der Waals surface area contributed by atoms with Crippen LogP contribution in [0.15, 0.2) is 24.7 Å². The van der Waals surface area contributed by atoms with Gasteiger partial charge in [-0.05, 0) is 13.8 Å². The minimum atomic E-state index is 0.518. The molecule has 0 aromatic heterocycles. The first kappa shape index (κ1) is 9.08. The van der Waals surface area contributed by atoms with Crippen LogP contribution in [0.1, 0.15) is 13.8 Å². The van der Waals surface area contributed by atoms with Crippen LogP contribution in [0.2, 0.25) is 0 Å². The fraction of sp³-hybridized carbons (Fsp3) is 0.500. The van der Waals surface area contributed by atoms with Crippen molar-refractivity contribution in [3.05, 3.63) is 24.7 Å². The average molecular weight is 142 g/mol. The molecule has 0 aliphatic rings. The van der Waals surface area contributed by atoms with Crippen molar-refractivity contribution in [2.75, 3.05) is 13.2 Å². The van der Waals surface area contributed by atoms with Crippen LogP contribution < -0.4 is 0 Å². The van der Waals surface area contributed by atoms with Crippen molar-refractivity contribution in [1.82, 2.24) is 0 Å². The summed E-state index contributed by atoms with van der Waals surface area (Å²) in [6.45, 7) is 12.2. The smallest absolute Gasteiger partial charge is 0.153 e. The predicted molar refractivity (Wildman–Crippen MR) is 41.5 cm³/mol. The zero-order valence-corrected chi connectivity index (χ0v) is 6.64. The van der Waals surface area contributed by atoms with Gasteiger partial charge in [-0.15, -0.1) is 0 Å². The van der Waals surface area contributed by atoms with E-state index in [0.29, 0.717) is 24.7 Å². The summed E-state index contributed by atoms with van der Waals surface area (Å²) in [5, 5.41) is 0. The molecule has 0 aromatic carbocycles. The van der Waals surface area contributed by atoms with Crippen molar-refractivity contribution in [2.45, 2.75) is 13.8 Å². The van der Waals surface area contributed by atoms with Gasteiger partial charge in [-0.25, -0.2) is 0 Å². The van der Waals surface area contributed by atoms with Crippen LogP contribution >= 0.6 is 0 Å². The van der Waals surface area contributed by atoms with Gasteiger partial charge in [-0.3, -0.25) is 0 Å². The molecule has 0 radical (unpaired) electrons. The lowest BCUT2D eigenvalue weighted by Gasteiger charge is -2.09. The highest BCUT2D eigenvalue weighted by atomic mass is 16.5. The Morgan fingerprint density at radius 2 is 1.30 bits per heavy atom. The molecule has 0 spiro atoms. The zero-order valence-electron chi connectivity index (χ0n) is 6.64. The molecule has 0 aliphatic carbocycles. The van der Waals surface area contributed by atoms with Crippen molar-refractivity contribution in [3.63, 3.8) is 0 Å². The highest BCUT2D eigenvalue weighted by molar-refractivity contribution is 5.11. The van der Waals surface area contributed by atoms with Gasteiger partial charge in [0.05, 0.1) is 13.2 Å². The van der Waals surface area contributed by atoms with E-state index in [4.69, 9.17) is 9.47 Å². The first-order valence-corrected chi connectivity index (χ1v) is 3.36. The molecular formula is C8H14O2. The standard InChI is InChI=1S/C8H14O2/c1-5-9-7(3)8(4)10-6-2/h3-6H2,1-2H3. The van der Waals surface area contributed by atoms with Crippen LogP contribution in [0.3, 0.4) is 0 Å². The van der Waals surface area contributed by atoms with E-state index in [2.05, 4.69) is 13.2 Å². The van der Waals surface area contributed by atoms with Crippen LogP contribution in [-0.4, -0.2) is 13.2 Å². The van der Waals surface area contributed by atoms with Gasteiger partial charge in [0.25, 0.3) is 0 Å². The molecule has 0 aliphatic heterocycles. The highest BCUT2D eigenvalue weighted by Crippen LogP contribution is 2.07. The summed E-state index contributed by atoms with van der Waals surface area (Å²) in [6, 6.07) is 0. The fourth-order valence-corrected chi connectivity index (χ4v) is 0.509. The van der Waals surface area contributed by atoms with Gasteiger partial charge >= 0.3 is 0 Å². The third kappa shape index (κ3) is 3.17. The Bertz CT molecular complexity index is 111. The van der Waals surface area contributed by atoms with Gasteiger partial charge in [-0.1, -0.05) is 13.2 Å². The number of hydrogen-bond donors (Lipinski definition) is 0. The molecule has 0 atom stereocenters. The molecule has 2 heteroatoms. The molecule has 0 bridgehead atoms. The highest BCUT2D eigenvalue weighted by Gasteiger charge is 1.98. The van der Waals surface area contributed by atoms with E-state index in [1.54, 1.807) is 0 Å². The summed E-state index contributed by atoms with van der Waals surface area (Å²) in [6.07, 6.45) is 0. The molecule has 0 unspecified atom stereocenters. The van der Waals surface area contributed by atoms with E-state index in [-0.39, 0.29) is 0 Å². The van der Waals surface area contributed by atoms with Crippen molar-refractivity contribution >= 4 is 0 Å². The summed E-state index contributed by atoms with van der Waals surface area (Å²) in [7, 11) is 0. The van der Waals surface area contributed by atoms with Gasteiger partial charge < -0.3 is 9.47 Å². The summed E-state index contributed by atoms with van der Waals surface area (Å²) in [5.74, 6) is 1.04. The Morgan fingerprint density at radius 1 is 1.00 bits per heavy atom. The number of hydrogen-bond acceptors (Lipinski definition) is 2. The molecule has 0 amide bonds. The molecular weight excluding hydrogens is 128 g/mol. The molecule has 58 valence electrons. The third-order valence-electron chi connectivity index (χ3n) is 0.948. The van der Waals surface area contributed by atoms with E-state index in [1.807, 2.05) is 13.8 Å². The normalized spacial score (nSPS) is 8.60. The molecule has 0 saturated heterocycles. The lowest BCUT2D eigenvalue weighted by atomic mass is 10.5. The monoisotopic (exact) mass is 142 g/mol. The van der Waals surface area contributed by atoms with Crippen molar-refractivity contribution in [2.24, 2.45) is 0 Å². The average Bonchev–Trinajstić information content (AvgIpc) is 1.89. The lowest BCUT2D eigenvalue weighted by molar-refractivity contribution is 0.167. The van der Waals surface area contributed by atoms with Crippen molar-refractivity contribution in [3.8, 4) is 0 Å². The summed E-state index contributed by atoms with van der Waals surface area (Å²) < 4.78 is 10.1. The Hall–Kier alpha value is -0.920. The SMILES string of the molecule is C=C(OCC)C(=C)OCC. The number of ether oxygens (including phenoxy) is 2. The van der Waals surface area contributed by atoms with E-state index >= 15 is 0 Å². The molecule has 0 aromatic rings. The molecule has 0 fully saturated rings. The maximum atomic E-state index is 5.04. The second-order valence-corrected chi connectivity index (χ2v) is 1.71. The van der Waals surface area contributed by atoms with E-state index in [0.717, 1.165) is 0 Å². The van der Waals surface area contributed by atoms with Gasteiger partial charge in [0.1, 0.15) is 0 Å². The molecule has 0 rings (SSSR count).